The zero-order valence-corrected chi connectivity index (χ0v) is 14.8. The van der Waals surface area contributed by atoms with Gasteiger partial charge in [-0.25, -0.2) is 13.2 Å². The maximum atomic E-state index is 13.7. The van der Waals surface area contributed by atoms with Gasteiger partial charge in [0.25, 0.3) is 5.70 Å². The van der Waals surface area contributed by atoms with Gasteiger partial charge in [-0.2, -0.15) is 13.2 Å². The summed E-state index contributed by atoms with van der Waals surface area (Å²) in [6.45, 7) is -0.845. The topological polar surface area (TPSA) is 94.2 Å². The highest BCUT2D eigenvalue weighted by Gasteiger charge is 2.40. The monoisotopic (exact) mass is 435 g/mol. The van der Waals surface area contributed by atoms with Crippen molar-refractivity contribution in [3.05, 3.63) is 62.6 Å². The Morgan fingerprint density at radius 2 is 1.80 bits per heavy atom. The number of aromatic nitrogens is 3. The summed E-state index contributed by atoms with van der Waals surface area (Å²) in [6.07, 6.45) is -5.00. The minimum atomic E-state index is -4.73. The molecule has 0 bridgehead atoms. The highest BCUT2D eigenvalue weighted by Crippen LogP contribution is 2.29. The summed E-state index contributed by atoms with van der Waals surface area (Å²) in [5, 5.41) is 17.7. The lowest BCUT2D eigenvalue weighted by Gasteiger charge is -2.27. The number of carbonyl (C=O) groups excluding carboxylic acids is 1. The van der Waals surface area contributed by atoms with Gasteiger partial charge in [0.05, 0.1) is 11.5 Å². The van der Waals surface area contributed by atoms with Gasteiger partial charge < -0.3 is 9.47 Å². The van der Waals surface area contributed by atoms with E-state index in [1.54, 1.807) is 0 Å². The molecule has 1 aliphatic rings. The summed E-state index contributed by atoms with van der Waals surface area (Å²) in [5.74, 6) is -6.41. The van der Waals surface area contributed by atoms with Crippen molar-refractivity contribution in [2.24, 2.45) is 0 Å². The van der Waals surface area contributed by atoms with Crippen LogP contribution in [0.1, 0.15) is 23.6 Å². The number of halogens is 6. The van der Waals surface area contributed by atoms with E-state index in [2.05, 4.69) is 10.2 Å². The summed E-state index contributed by atoms with van der Waals surface area (Å²) >= 11 is 0. The molecule has 0 saturated carbocycles. The van der Waals surface area contributed by atoms with Crippen LogP contribution in [0.5, 0.6) is 0 Å². The number of benzene rings is 1. The fourth-order valence-electron chi connectivity index (χ4n) is 2.84. The molecule has 8 nitrogen and oxygen atoms in total. The Morgan fingerprint density at radius 1 is 1.13 bits per heavy atom. The van der Waals surface area contributed by atoms with Crippen LogP contribution in [0, 0.1) is 27.6 Å². The fraction of sp³-hybridized carbons (Fsp3) is 0.312. The third-order valence-electron chi connectivity index (χ3n) is 4.29. The van der Waals surface area contributed by atoms with Crippen molar-refractivity contribution >= 4 is 12.0 Å². The number of amides is 1. The molecule has 14 heteroatoms. The number of hydrogen-bond acceptors (Lipinski definition) is 5. The normalized spacial score (nSPS) is 14.6. The van der Waals surface area contributed by atoms with Crippen LogP contribution in [0.15, 0.2) is 17.8 Å². The number of nitro groups is 1. The first kappa shape index (κ1) is 21.3. The first-order valence-corrected chi connectivity index (χ1v) is 8.24. The van der Waals surface area contributed by atoms with Gasteiger partial charge in [-0.1, -0.05) is 0 Å². The minimum absolute atomic E-state index is 0.153. The molecule has 0 spiro atoms. The van der Waals surface area contributed by atoms with Crippen LogP contribution < -0.4 is 0 Å². The molecular formula is C16H11F6N5O3. The molecular weight excluding hydrogens is 424 g/mol. The van der Waals surface area contributed by atoms with Crippen LogP contribution >= 0.6 is 0 Å². The van der Waals surface area contributed by atoms with Crippen molar-refractivity contribution in [2.45, 2.75) is 25.7 Å². The molecule has 2 heterocycles. The second-order valence-corrected chi connectivity index (χ2v) is 6.26. The highest BCUT2D eigenvalue weighted by atomic mass is 19.4. The third-order valence-corrected chi connectivity index (χ3v) is 4.29. The molecule has 1 aliphatic heterocycles. The van der Waals surface area contributed by atoms with Crippen molar-refractivity contribution in [1.29, 1.82) is 0 Å². The molecule has 0 unspecified atom stereocenters. The van der Waals surface area contributed by atoms with Crippen molar-refractivity contribution in [2.75, 3.05) is 6.54 Å². The average molecular weight is 435 g/mol. The van der Waals surface area contributed by atoms with Crippen LogP contribution in [0.3, 0.4) is 0 Å². The smallest absolute Gasteiger partial charge is 0.333 e. The van der Waals surface area contributed by atoms with Gasteiger partial charge in [0.15, 0.2) is 17.5 Å². The summed E-state index contributed by atoms with van der Waals surface area (Å²) in [6, 6.07) is 0.608. The van der Waals surface area contributed by atoms with E-state index in [9.17, 15) is 41.3 Å². The van der Waals surface area contributed by atoms with Gasteiger partial charge in [-0.15, -0.1) is 10.2 Å². The van der Waals surface area contributed by atoms with Crippen LogP contribution in [-0.4, -0.2) is 37.0 Å². The van der Waals surface area contributed by atoms with E-state index in [0.717, 1.165) is 9.47 Å². The van der Waals surface area contributed by atoms with Gasteiger partial charge in [-0.3, -0.25) is 14.9 Å². The lowest BCUT2D eigenvalue weighted by atomic mass is 10.1. The van der Waals surface area contributed by atoms with E-state index in [0.29, 0.717) is 12.1 Å². The number of hydrogen-bond donors (Lipinski definition) is 0. The van der Waals surface area contributed by atoms with Crippen LogP contribution in [0.4, 0.5) is 26.3 Å². The van der Waals surface area contributed by atoms with Crippen molar-refractivity contribution < 1.29 is 36.1 Å². The quantitative estimate of drug-likeness (QED) is 0.319. The molecule has 0 N–H and O–H groups in total. The number of fused-ring (bicyclic) bond motifs is 1. The zero-order chi connectivity index (χ0) is 22.2. The van der Waals surface area contributed by atoms with E-state index in [4.69, 9.17) is 0 Å². The number of rotatable bonds is 4. The largest absolute Gasteiger partial charge is 0.451 e. The van der Waals surface area contributed by atoms with E-state index in [1.165, 1.54) is 0 Å². The van der Waals surface area contributed by atoms with Crippen LogP contribution in [0.25, 0.3) is 6.08 Å². The Kier molecular flexibility index (Phi) is 5.50. The van der Waals surface area contributed by atoms with E-state index in [-0.39, 0.29) is 31.5 Å². The molecule has 1 amide bonds. The number of carbonyl (C=O) groups is 1. The predicted molar refractivity (Wildman–Crippen MR) is 86.3 cm³/mol. The Hall–Kier alpha value is -3.45. The maximum absolute atomic E-state index is 13.7. The van der Waals surface area contributed by atoms with E-state index < -0.39 is 58.0 Å². The molecule has 1 aromatic carbocycles. The van der Waals surface area contributed by atoms with E-state index in [1.807, 2.05) is 0 Å². The molecule has 0 radical (unpaired) electrons. The summed E-state index contributed by atoms with van der Waals surface area (Å²) in [5.41, 5.74) is -1.45. The van der Waals surface area contributed by atoms with Gasteiger partial charge in [0, 0.05) is 30.8 Å². The highest BCUT2D eigenvalue weighted by molar-refractivity contribution is 5.79. The SMILES string of the molecule is O=C(C/C(=C/c1cc(F)c(F)cc1F)[N+](=O)[O-])N1CCn2c(nnc2C(F)(F)F)C1. The van der Waals surface area contributed by atoms with Crippen molar-refractivity contribution in [3.63, 3.8) is 0 Å². The number of nitrogens with zero attached hydrogens (tertiary/aromatic N) is 5. The van der Waals surface area contributed by atoms with Gasteiger partial charge in [0.2, 0.25) is 11.7 Å². The molecule has 30 heavy (non-hydrogen) atoms. The van der Waals surface area contributed by atoms with Gasteiger partial charge >= 0.3 is 6.18 Å². The standard InChI is InChI=1S/C16H11F6N5O3/c17-10-6-12(19)11(18)4-8(10)3-9(27(29)30)5-14(28)25-1-2-26-13(7-25)23-24-15(26)16(20,21)22/h3-4,6H,1-2,5,7H2/b9-3-. The minimum Gasteiger partial charge on any atom is -0.333 e. The lowest BCUT2D eigenvalue weighted by Crippen LogP contribution is -2.39. The van der Waals surface area contributed by atoms with Gasteiger partial charge in [-0.05, 0) is 6.07 Å². The maximum Gasteiger partial charge on any atom is 0.451 e. The molecule has 0 saturated heterocycles. The Morgan fingerprint density at radius 3 is 2.43 bits per heavy atom. The third kappa shape index (κ3) is 4.26. The summed E-state index contributed by atoms with van der Waals surface area (Å²) in [4.78, 5) is 23.7. The second kappa shape index (κ2) is 7.76. The van der Waals surface area contributed by atoms with Crippen LogP contribution in [0.2, 0.25) is 0 Å². The predicted octanol–water partition coefficient (Wildman–Crippen LogP) is 2.76. The lowest BCUT2D eigenvalue weighted by molar-refractivity contribution is -0.425. The molecule has 2 aromatic rings. The zero-order valence-electron chi connectivity index (χ0n) is 14.8. The van der Waals surface area contributed by atoms with Crippen molar-refractivity contribution in [1.82, 2.24) is 19.7 Å². The molecule has 0 atom stereocenters. The Balaban J connectivity index is 1.79. The fourth-order valence-corrected chi connectivity index (χ4v) is 2.84. The first-order valence-electron chi connectivity index (χ1n) is 8.24. The van der Waals surface area contributed by atoms with E-state index >= 15 is 0 Å². The number of alkyl halides is 3. The first-order chi connectivity index (χ1) is 14.0. The molecule has 160 valence electrons. The molecule has 0 aliphatic carbocycles. The Bertz CT molecular complexity index is 1050. The van der Waals surface area contributed by atoms with Crippen molar-refractivity contribution in [3.8, 4) is 0 Å². The molecule has 1 aromatic heterocycles. The second-order valence-electron chi connectivity index (χ2n) is 6.26. The summed E-state index contributed by atoms with van der Waals surface area (Å²) in [7, 11) is 0. The molecule has 0 fully saturated rings. The van der Waals surface area contributed by atoms with Gasteiger partial charge in [0.1, 0.15) is 12.2 Å². The average Bonchev–Trinajstić information content (AvgIpc) is 3.08. The summed E-state index contributed by atoms with van der Waals surface area (Å²) < 4.78 is 79.4. The van der Waals surface area contributed by atoms with Crippen LogP contribution in [-0.2, 0) is 24.1 Å². The molecule has 3 rings (SSSR count). The Labute approximate surface area is 163 Å².